The Hall–Kier alpha value is -3.06. The van der Waals surface area contributed by atoms with Gasteiger partial charge in [-0.25, -0.2) is 0 Å². The topological polar surface area (TPSA) is 96.8 Å². The van der Waals surface area contributed by atoms with Crippen molar-refractivity contribution in [2.45, 2.75) is 18.9 Å². The van der Waals surface area contributed by atoms with Gasteiger partial charge in [0.1, 0.15) is 6.54 Å². The quantitative estimate of drug-likeness (QED) is 0.623. The molecule has 1 aromatic carbocycles. The predicted molar refractivity (Wildman–Crippen MR) is 92.5 cm³/mol. The van der Waals surface area contributed by atoms with Crippen LogP contribution < -0.4 is 4.90 Å². The fraction of sp³-hybridized carbons (Fsp3) is 0.263. The summed E-state index contributed by atoms with van der Waals surface area (Å²) in [4.78, 5) is 42.3. The third kappa shape index (κ3) is 3.09. The van der Waals surface area contributed by atoms with E-state index in [-0.39, 0.29) is 13.2 Å². The number of hydrogen-bond donors (Lipinski definition) is 1. The zero-order valence-corrected chi connectivity index (χ0v) is 14.2. The zero-order chi connectivity index (χ0) is 18.7. The minimum Gasteiger partial charge on any atom is -0.465 e. The number of nitrogens with zero attached hydrogens (tertiary/aromatic N) is 2. The number of carbonyl (C=O) groups is 3. The van der Waals surface area contributed by atoms with Crippen LogP contribution in [0.3, 0.4) is 0 Å². The highest BCUT2D eigenvalue weighted by Gasteiger charge is 2.51. The number of aliphatic hydroxyl groups is 1. The van der Waals surface area contributed by atoms with Crippen molar-refractivity contribution in [2.24, 2.45) is 0 Å². The van der Waals surface area contributed by atoms with Crippen LogP contribution >= 0.6 is 0 Å². The average Bonchev–Trinajstić information content (AvgIpc) is 2.85. The van der Waals surface area contributed by atoms with E-state index in [0.717, 1.165) is 4.90 Å². The first-order valence-electron chi connectivity index (χ1n) is 8.20. The second kappa shape index (κ2) is 7.05. The molecule has 1 aliphatic rings. The predicted octanol–water partition coefficient (Wildman–Crippen LogP) is 1.45. The van der Waals surface area contributed by atoms with Crippen LogP contribution in [0.4, 0.5) is 5.69 Å². The molecule has 0 fully saturated rings. The Kier molecular flexibility index (Phi) is 4.81. The molecule has 1 amide bonds. The fourth-order valence-corrected chi connectivity index (χ4v) is 3.04. The van der Waals surface area contributed by atoms with Crippen LogP contribution in [0.15, 0.2) is 48.8 Å². The number of aromatic nitrogens is 1. The minimum absolute atomic E-state index is 0.188. The van der Waals surface area contributed by atoms with Crippen LogP contribution in [0.2, 0.25) is 0 Å². The molecule has 0 saturated heterocycles. The number of pyridine rings is 1. The molecule has 0 radical (unpaired) electrons. The monoisotopic (exact) mass is 354 g/mol. The number of anilines is 1. The summed E-state index contributed by atoms with van der Waals surface area (Å²) in [6, 6.07) is 9.61. The van der Waals surface area contributed by atoms with Gasteiger partial charge in [0, 0.05) is 23.5 Å². The number of ether oxygens (including phenoxy) is 1. The first kappa shape index (κ1) is 17.8. The summed E-state index contributed by atoms with van der Waals surface area (Å²) in [5.74, 6) is -1.69. The van der Waals surface area contributed by atoms with E-state index in [4.69, 9.17) is 4.74 Å². The smallest absolute Gasteiger partial charge is 0.326 e. The van der Waals surface area contributed by atoms with E-state index in [0.29, 0.717) is 16.8 Å². The van der Waals surface area contributed by atoms with Gasteiger partial charge in [0.25, 0.3) is 5.91 Å². The third-order valence-corrected chi connectivity index (χ3v) is 4.25. The molecule has 2 heterocycles. The van der Waals surface area contributed by atoms with Crippen LogP contribution in [0, 0.1) is 0 Å². The van der Waals surface area contributed by atoms with Crippen LogP contribution in [-0.2, 0) is 19.9 Å². The van der Waals surface area contributed by atoms with Gasteiger partial charge in [-0.3, -0.25) is 24.3 Å². The lowest BCUT2D eigenvalue weighted by Gasteiger charge is -2.22. The van der Waals surface area contributed by atoms with Gasteiger partial charge < -0.3 is 9.84 Å². The number of amides is 1. The molecule has 2 aromatic rings. The Bertz CT molecular complexity index is 852. The lowest BCUT2D eigenvalue weighted by Crippen LogP contribution is -2.44. The molecule has 0 unspecified atom stereocenters. The van der Waals surface area contributed by atoms with E-state index in [1.165, 1.54) is 24.5 Å². The number of carbonyl (C=O) groups excluding carboxylic acids is 3. The van der Waals surface area contributed by atoms with Gasteiger partial charge in [-0.15, -0.1) is 0 Å². The molecule has 3 rings (SSSR count). The number of benzene rings is 1. The molecule has 7 nitrogen and oxygen atoms in total. The number of hydrogen-bond acceptors (Lipinski definition) is 6. The van der Waals surface area contributed by atoms with Crippen LogP contribution in [0.25, 0.3) is 0 Å². The average molecular weight is 354 g/mol. The van der Waals surface area contributed by atoms with Gasteiger partial charge in [0.15, 0.2) is 11.4 Å². The molecule has 1 aliphatic heterocycles. The zero-order valence-electron chi connectivity index (χ0n) is 14.2. The van der Waals surface area contributed by atoms with Gasteiger partial charge in [-0.05, 0) is 25.1 Å². The maximum atomic E-state index is 12.9. The van der Waals surface area contributed by atoms with E-state index in [2.05, 4.69) is 4.98 Å². The summed E-state index contributed by atoms with van der Waals surface area (Å²) in [6.45, 7) is 1.53. The number of Topliss-reactive ketones (excluding diaryl/α,β-unsaturated/α-hetero) is 1. The second-order valence-corrected chi connectivity index (χ2v) is 5.91. The van der Waals surface area contributed by atoms with Gasteiger partial charge in [0.05, 0.1) is 18.7 Å². The molecule has 26 heavy (non-hydrogen) atoms. The first-order chi connectivity index (χ1) is 12.5. The van der Waals surface area contributed by atoms with E-state index >= 15 is 0 Å². The van der Waals surface area contributed by atoms with E-state index in [1.807, 2.05) is 0 Å². The molecule has 134 valence electrons. The van der Waals surface area contributed by atoms with Crippen molar-refractivity contribution in [3.05, 3.63) is 59.9 Å². The highest BCUT2D eigenvalue weighted by Crippen LogP contribution is 2.42. The van der Waals surface area contributed by atoms with Gasteiger partial charge in [0.2, 0.25) is 0 Å². The van der Waals surface area contributed by atoms with Gasteiger partial charge in [-0.2, -0.15) is 0 Å². The van der Waals surface area contributed by atoms with Crippen LogP contribution in [-0.4, -0.2) is 40.9 Å². The fourth-order valence-electron chi connectivity index (χ4n) is 3.04. The van der Waals surface area contributed by atoms with Gasteiger partial charge >= 0.3 is 5.97 Å². The highest BCUT2D eigenvalue weighted by molar-refractivity contribution is 6.12. The summed E-state index contributed by atoms with van der Waals surface area (Å²) >= 11 is 0. The maximum Gasteiger partial charge on any atom is 0.326 e. The molecule has 0 spiro atoms. The summed E-state index contributed by atoms with van der Waals surface area (Å²) in [5, 5.41) is 11.1. The molecular formula is C19H18N2O5. The van der Waals surface area contributed by atoms with Crippen LogP contribution in [0.5, 0.6) is 0 Å². The Morgan fingerprint density at radius 3 is 2.58 bits per heavy atom. The van der Waals surface area contributed by atoms with E-state index < -0.39 is 29.7 Å². The number of para-hydroxylation sites is 1. The normalized spacial score (nSPS) is 18.5. The molecule has 0 saturated carbocycles. The van der Waals surface area contributed by atoms with Crippen molar-refractivity contribution in [1.82, 2.24) is 4.98 Å². The standard InChI is InChI=1S/C19H18N2O5/c1-2-26-17(23)12-21-15-6-4-3-5-14(15)19(25,18(21)24)11-16(22)13-7-9-20-10-8-13/h3-10,25H,2,11-12H2,1H3/t19-/m0/s1. The molecule has 7 heteroatoms. The highest BCUT2D eigenvalue weighted by atomic mass is 16.5. The lowest BCUT2D eigenvalue weighted by molar-refractivity contribution is -0.144. The largest absolute Gasteiger partial charge is 0.465 e. The van der Waals surface area contributed by atoms with E-state index in [9.17, 15) is 19.5 Å². The van der Waals surface area contributed by atoms with Crippen LogP contribution in [0.1, 0.15) is 29.3 Å². The van der Waals surface area contributed by atoms with Crippen molar-refractivity contribution in [2.75, 3.05) is 18.1 Å². The summed E-state index contributed by atoms with van der Waals surface area (Å²) in [5.41, 5.74) is -0.974. The Morgan fingerprint density at radius 1 is 1.19 bits per heavy atom. The summed E-state index contributed by atoms with van der Waals surface area (Å²) < 4.78 is 4.90. The Labute approximate surface area is 150 Å². The van der Waals surface area contributed by atoms with Crippen molar-refractivity contribution in [1.29, 1.82) is 0 Å². The third-order valence-electron chi connectivity index (χ3n) is 4.25. The number of rotatable bonds is 6. The Morgan fingerprint density at radius 2 is 1.88 bits per heavy atom. The van der Waals surface area contributed by atoms with Crippen molar-refractivity contribution in [3.63, 3.8) is 0 Å². The number of ketones is 1. The molecular weight excluding hydrogens is 336 g/mol. The SMILES string of the molecule is CCOC(=O)CN1C(=O)[C@](O)(CC(=O)c2ccncc2)c2ccccc21. The molecule has 1 atom stereocenters. The Balaban J connectivity index is 1.93. The number of fused-ring (bicyclic) bond motifs is 1. The van der Waals surface area contributed by atoms with Crippen molar-refractivity contribution in [3.8, 4) is 0 Å². The summed E-state index contributed by atoms with van der Waals surface area (Å²) in [6.07, 6.45) is 2.51. The van der Waals surface area contributed by atoms with E-state index in [1.54, 1.807) is 31.2 Å². The molecule has 1 aromatic heterocycles. The second-order valence-electron chi connectivity index (χ2n) is 5.91. The molecule has 1 N–H and O–H groups in total. The minimum atomic E-state index is -2.02. The van der Waals surface area contributed by atoms with Crippen molar-refractivity contribution >= 4 is 23.3 Å². The molecule has 0 bridgehead atoms. The number of esters is 1. The lowest BCUT2D eigenvalue weighted by atomic mass is 9.88. The first-order valence-corrected chi connectivity index (χ1v) is 8.20. The summed E-state index contributed by atoms with van der Waals surface area (Å²) in [7, 11) is 0. The maximum absolute atomic E-state index is 12.9. The van der Waals surface area contributed by atoms with Crippen molar-refractivity contribution < 1.29 is 24.2 Å². The molecule has 0 aliphatic carbocycles. The van der Waals surface area contributed by atoms with Gasteiger partial charge in [-0.1, -0.05) is 18.2 Å².